The molecule has 11 heteroatoms. The van der Waals surface area contributed by atoms with Crippen LogP contribution in [0.1, 0.15) is 44.7 Å². The minimum Gasteiger partial charge on any atom is -0.354 e. The van der Waals surface area contributed by atoms with Gasteiger partial charge in [-0.3, -0.25) is 4.79 Å². The first-order chi connectivity index (χ1) is 15.3. The monoisotopic (exact) mass is 485 g/mol. The molecule has 1 unspecified atom stereocenters. The van der Waals surface area contributed by atoms with Gasteiger partial charge in [-0.15, -0.1) is 0 Å². The zero-order valence-corrected chi connectivity index (χ0v) is 20.1. The maximum atomic E-state index is 14.4. The lowest BCUT2D eigenvalue weighted by atomic mass is 9.93. The molecule has 2 aromatic rings. The van der Waals surface area contributed by atoms with E-state index in [-0.39, 0.29) is 34.2 Å². The van der Waals surface area contributed by atoms with Gasteiger partial charge in [0.05, 0.1) is 11.6 Å². The normalized spacial score (nSPS) is 18.2. The molecule has 3 atom stereocenters. The van der Waals surface area contributed by atoms with Crippen LogP contribution in [0.15, 0.2) is 24.4 Å². The molecule has 1 aliphatic heterocycles. The van der Waals surface area contributed by atoms with E-state index in [0.29, 0.717) is 25.5 Å². The number of carbonyl (C=O) groups is 1. The fraction of sp³-hybridized carbons (Fsp3) is 0.500. The van der Waals surface area contributed by atoms with Gasteiger partial charge in [-0.05, 0) is 25.1 Å². The molecule has 0 bridgehead atoms. The highest BCUT2D eigenvalue weighted by atomic mass is 31.0. The van der Waals surface area contributed by atoms with E-state index in [0.717, 1.165) is 6.92 Å². The van der Waals surface area contributed by atoms with E-state index in [1.807, 2.05) is 11.8 Å². The van der Waals surface area contributed by atoms with Crippen LogP contribution >= 0.6 is 9.24 Å². The molecular weight excluding hydrogens is 457 g/mol. The maximum absolute atomic E-state index is 14.4. The molecule has 0 aliphatic carbocycles. The highest BCUT2D eigenvalue weighted by molar-refractivity contribution is 7.18. The van der Waals surface area contributed by atoms with Gasteiger partial charge in [-0.25, -0.2) is 27.5 Å². The molecule has 6 nitrogen and oxygen atoms in total. The summed E-state index contributed by atoms with van der Waals surface area (Å²) in [4.78, 5) is 22.2. The Morgan fingerprint density at radius 2 is 2.03 bits per heavy atom. The quantitative estimate of drug-likeness (QED) is 0.463. The van der Waals surface area contributed by atoms with Gasteiger partial charge in [0.15, 0.2) is 0 Å². The average Bonchev–Trinajstić information content (AvgIpc) is 2.71. The fourth-order valence-electron chi connectivity index (χ4n) is 3.80. The van der Waals surface area contributed by atoms with Crippen LogP contribution in [0.25, 0.3) is 11.3 Å². The lowest BCUT2D eigenvalue weighted by Crippen LogP contribution is -2.49. The third kappa shape index (κ3) is 5.98. The van der Waals surface area contributed by atoms with Crippen molar-refractivity contribution >= 4 is 26.8 Å². The number of nitrogens with zero attached hydrogens (tertiary/aromatic N) is 3. The predicted octanol–water partition coefficient (Wildman–Crippen LogP) is 4.58. The molecule has 0 spiro atoms. The van der Waals surface area contributed by atoms with Crippen molar-refractivity contribution in [1.29, 1.82) is 0 Å². The summed E-state index contributed by atoms with van der Waals surface area (Å²) in [7, 11) is 1.49. The molecule has 1 aliphatic rings. The molecule has 0 radical (unpaired) electrons. The van der Waals surface area contributed by atoms with Crippen LogP contribution in [-0.2, 0) is 10.7 Å². The molecule has 1 saturated heterocycles. The lowest BCUT2D eigenvalue weighted by molar-refractivity contribution is -0.114. The van der Waals surface area contributed by atoms with Crippen molar-refractivity contribution in [3.8, 4) is 11.3 Å². The van der Waals surface area contributed by atoms with Crippen LogP contribution < -0.4 is 15.5 Å². The third-order valence-electron chi connectivity index (χ3n) is 5.58. The van der Waals surface area contributed by atoms with Crippen molar-refractivity contribution in [1.82, 2.24) is 15.3 Å². The standard InChI is InChI=1S/C22H28F4N5OP/c1-12-11-31(8-7-27-12)18-10-15(21(4,23)24)9-17(30-18)16-5-6-28-20(29-14(3)32)19(16)13(2)22(25,26)33/h5-6,9-10,12-13,27H,7-8,11,33H2,1-4H3,(H,28,29,32)/t12-,13-/m0/s1. The highest BCUT2D eigenvalue weighted by Gasteiger charge is 2.36. The molecule has 2 aromatic heterocycles. The van der Waals surface area contributed by atoms with Crippen molar-refractivity contribution in [2.24, 2.45) is 0 Å². The van der Waals surface area contributed by atoms with Gasteiger partial charge >= 0.3 is 0 Å². The third-order valence-corrected chi connectivity index (χ3v) is 6.08. The number of carbonyl (C=O) groups excluding carboxylic acids is 1. The minimum absolute atomic E-state index is 0.0244. The number of anilines is 2. The van der Waals surface area contributed by atoms with Crippen molar-refractivity contribution in [3.63, 3.8) is 0 Å². The average molecular weight is 485 g/mol. The second-order valence-electron chi connectivity index (χ2n) is 8.49. The van der Waals surface area contributed by atoms with Gasteiger partial charge in [0.2, 0.25) is 5.91 Å². The summed E-state index contributed by atoms with van der Waals surface area (Å²) >= 11 is 0. The van der Waals surface area contributed by atoms with Gasteiger partial charge in [-0.1, -0.05) is 16.2 Å². The molecule has 0 saturated carbocycles. The molecule has 1 amide bonds. The Labute approximate surface area is 192 Å². The summed E-state index contributed by atoms with van der Waals surface area (Å²) in [5.74, 6) is -4.77. The van der Waals surface area contributed by atoms with Gasteiger partial charge in [-0.2, -0.15) is 0 Å². The number of pyridine rings is 2. The van der Waals surface area contributed by atoms with Crippen molar-refractivity contribution in [2.75, 3.05) is 29.9 Å². The van der Waals surface area contributed by atoms with E-state index in [9.17, 15) is 22.4 Å². The Balaban J connectivity index is 2.24. The fourth-order valence-corrected chi connectivity index (χ4v) is 3.97. The van der Waals surface area contributed by atoms with Gasteiger partial charge in [0, 0.05) is 62.4 Å². The molecule has 2 N–H and O–H groups in total. The Hall–Kier alpha value is -2.32. The van der Waals surface area contributed by atoms with Crippen LogP contribution in [0.5, 0.6) is 0 Å². The van der Waals surface area contributed by atoms with Gasteiger partial charge in [0.1, 0.15) is 11.6 Å². The number of piperazine rings is 1. The number of amides is 1. The summed E-state index contributed by atoms with van der Waals surface area (Å²) < 4.78 is 57.6. The Bertz CT molecular complexity index is 1020. The Kier molecular flexibility index (Phi) is 7.29. The first kappa shape index (κ1) is 25.3. The van der Waals surface area contributed by atoms with Crippen LogP contribution in [-0.4, -0.2) is 47.2 Å². The number of halogens is 4. The highest BCUT2D eigenvalue weighted by Crippen LogP contribution is 2.45. The van der Waals surface area contributed by atoms with E-state index >= 15 is 0 Å². The number of hydrogen-bond donors (Lipinski definition) is 2. The van der Waals surface area contributed by atoms with E-state index in [1.54, 1.807) is 0 Å². The molecule has 3 heterocycles. The van der Waals surface area contributed by atoms with Crippen molar-refractivity contribution in [3.05, 3.63) is 35.5 Å². The van der Waals surface area contributed by atoms with E-state index in [2.05, 4.69) is 20.6 Å². The zero-order chi connectivity index (χ0) is 24.6. The molecular formula is C22H28F4N5OP. The number of aromatic nitrogens is 2. The van der Waals surface area contributed by atoms with E-state index in [1.165, 1.54) is 47.5 Å². The van der Waals surface area contributed by atoms with Crippen LogP contribution in [0, 0.1) is 0 Å². The molecule has 180 valence electrons. The maximum Gasteiger partial charge on any atom is 0.270 e. The molecule has 3 rings (SSSR count). The van der Waals surface area contributed by atoms with E-state index < -0.39 is 23.4 Å². The number of alkyl halides is 4. The first-order valence-corrected chi connectivity index (χ1v) is 11.2. The molecule has 0 aromatic carbocycles. The molecule has 1 fully saturated rings. The van der Waals surface area contributed by atoms with Gasteiger partial charge in [0.25, 0.3) is 11.6 Å². The topological polar surface area (TPSA) is 70.2 Å². The summed E-state index contributed by atoms with van der Waals surface area (Å²) in [6.07, 6.45) is 1.34. The zero-order valence-electron chi connectivity index (χ0n) is 18.9. The van der Waals surface area contributed by atoms with Crippen LogP contribution in [0.2, 0.25) is 0 Å². The predicted molar refractivity (Wildman–Crippen MR) is 124 cm³/mol. The second-order valence-corrected chi connectivity index (χ2v) is 9.26. The smallest absolute Gasteiger partial charge is 0.270 e. The number of rotatable bonds is 6. The summed E-state index contributed by atoms with van der Waals surface area (Å²) in [6.45, 7) is 7.08. The largest absolute Gasteiger partial charge is 0.354 e. The summed E-state index contributed by atoms with van der Waals surface area (Å²) in [5, 5.41) is 5.77. The van der Waals surface area contributed by atoms with Crippen molar-refractivity contribution in [2.45, 2.75) is 51.2 Å². The lowest BCUT2D eigenvalue weighted by Gasteiger charge is -2.33. The summed E-state index contributed by atoms with van der Waals surface area (Å²) in [5.41, 5.74) is -3.17. The van der Waals surface area contributed by atoms with Gasteiger partial charge < -0.3 is 15.5 Å². The summed E-state index contributed by atoms with van der Waals surface area (Å²) in [6, 6.07) is 4.13. The van der Waals surface area contributed by atoms with Crippen molar-refractivity contribution < 1.29 is 22.4 Å². The number of hydrogen-bond acceptors (Lipinski definition) is 5. The van der Waals surface area contributed by atoms with Crippen LogP contribution in [0.3, 0.4) is 0 Å². The Morgan fingerprint density at radius 1 is 1.33 bits per heavy atom. The number of nitrogens with one attached hydrogen (secondary N) is 2. The second kappa shape index (κ2) is 9.50. The Morgan fingerprint density at radius 3 is 2.61 bits per heavy atom. The minimum atomic E-state index is -3.24. The van der Waals surface area contributed by atoms with E-state index in [4.69, 9.17) is 0 Å². The molecule has 33 heavy (non-hydrogen) atoms. The first-order valence-electron chi connectivity index (χ1n) is 10.6. The SMILES string of the molecule is CC(=O)Nc1nccc(-c2cc(C(C)(F)F)cc(N3CCN[C@@H](C)C3)n2)c1[C@H](C)C(F)(F)P. The van der Waals surface area contributed by atoms with Crippen LogP contribution in [0.4, 0.5) is 29.2 Å².